The van der Waals surface area contributed by atoms with Crippen molar-refractivity contribution in [3.8, 4) is 11.5 Å². The Kier molecular flexibility index (Phi) is 6.61. The van der Waals surface area contributed by atoms with Gasteiger partial charge >= 0.3 is 0 Å². The molecule has 0 radical (unpaired) electrons. The second-order valence-corrected chi connectivity index (χ2v) is 7.18. The van der Waals surface area contributed by atoms with Crippen LogP contribution in [0.4, 0.5) is 0 Å². The highest BCUT2D eigenvalue weighted by molar-refractivity contribution is 14.1. The van der Waals surface area contributed by atoms with E-state index in [4.69, 9.17) is 4.74 Å². The number of benzene rings is 2. The molecule has 0 aliphatic rings. The largest absolute Gasteiger partial charge is 0.506 e. The van der Waals surface area contributed by atoms with E-state index >= 15 is 0 Å². The summed E-state index contributed by atoms with van der Waals surface area (Å²) in [6, 6.07) is 9.17. The minimum Gasteiger partial charge on any atom is -0.506 e. The van der Waals surface area contributed by atoms with Gasteiger partial charge in [0.1, 0.15) is 11.5 Å². The van der Waals surface area contributed by atoms with Crippen molar-refractivity contribution in [3.05, 3.63) is 55.1 Å². The van der Waals surface area contributed by atoms with Gasteiger partial charge in [0, 0.05) is 10.0 Å². The van der Waals surface area contributed by atoms with Crippen LogP contribution in [0.2, 0.25) is 0 Å². The van der Waals surface area contributed by atoms with E-state index in [0.717, 1.165) is 15.6 Å². The van der Waals surface area contributed by atoms with Crippen molar-refractivity contribution in [1.29, 1.82) is 0 Å². The summed E-state index contributed by atoms with van der Waals surface area (Å²) in [7, 11) is 0. The van der Waals surface area contributed by atoms with Crippen LogP contribution >= 0.6 is 38.5 Å². The number of carbonyl (C=O) groups is 1. The molecule has 0 aliphatic carbocycles. The number of carbonyl (C=O) groups excluding carboxylic acids is 1. The molecule has 0 aliphatic heterocycles. The maximum atomic E-state index is 11.8. The van der Waals surface area contributed by atoms with Crippen molar-refractivity contribution in [2.45, 2.75) is 13.8 Å². The second-order valence-electron chi connectivity index (χ2n) is 5.11. The maximum Gasteiger partial charge on any atom is 0.277 e. The highest BCUT2D eigenvalue weighted by atomic mass is 127. The van der Waals surface area contributed by atoms with E-state index < -0.39 is 0 Å². The van der Waals surface area contributed by atoms with Crippen LogP contribution in [0, 0.1) is 17.4 Å². The SMILES string of the molecule is Cc1cccc(OCC(=O)NN=Cc2cc(Br)cc(I)c2O)c1C. The number of ether oxygens (including phenoxy) is 1. The van der Waals surface area contributed by atoms with Gasteiger partial charge in [-0.15, -0.1) is 0 Å². The molecule has 0 saturated carbocycles. The molecule has 2 aromatic carbocycles. The lowest BCUT2D eigenvalue weighted by Gasteiger charge is -2.09. The number of halogens is 2. The Morgan fingerprint density at radius 1 is 1.42 bits per heavy atom. The Hall–Kier alpha value is -1.61. The lowest BCUT2D eigenvalue weighted by atomic mass is 10.1. The molecule has 0 atom stereocenters. The minimum atomic E-state index is -0.378. The number of hydrogen-bond acceptors (Lipinski definition) is 4. The number of hydrogen-bond donors (Lipinski definition) is 2. The summed E-state index contributed by atoms with van der Waals surface area (Å²) in [4.78, 5) is 11.8. The molecule has 0 heterocycles. The van der Waals surface area contributed by atoms with Crippen molar-refractivity contribution in [2.75, 3.05) is 6.61 Å². The molecule has 2 aromatic rings. The molecule has 0 spiro atoms. The Morgan fingerprint density at radius 3 is 2.92 bits per heavy atom. The lowest BCUT2D eigenvalue weighted by Crippen LogP contribution is -2.24. The summed E-state index contributed by atoms with van der Waals surface area (Å²) >= 11 is 5.36. The van der Waals surface area contributed by atoms with E-state index in [2.05, 4.69) is 26.5 Å². The third kappa shape index (κ3) is 4.94. The number of phenols is 1. The van der Waals surface area contributed by atoms with Gasteiger partial charge in [-0.3, -0.25) is 4.79 Å². The van der Waals surface area contributed by atoms with Crippen LogP contribution in [0.25, 0.3) is 0 Å². The summed E-state index contributed by atoms with van der Waals surface area (Å²) in [5, 5.41) is 13.8. The highest BCUT2D eigenvalue weighted by Gasteiger charge is 2.07. The summed E-state index contributed by atoms with van der Waals surface area (Å²) in [5.41, 5.74) is 4.99. The van der Waals surface area contributed by atoms with Crippen molar-refractivity contribution < 1.29 is 14.6 Å². The van der Waals surface area contributed by atoms with Gasteiger partial charge in [0.25, 0.3) is 5.91 Å². The van der Waals surface area contributed by atoms with Crippen LogP contribution < -0.4 is 10.2 Å². The van der Waals surface area contributed by atoms with Gasteiger partial charge in [-0.2, -0.15) is 5.10 Å². The van der Waals surface area contributed by atoms with E-state index in [9.17, 15) is 9.90 Å². The highest BCUT2D eigenvalue weighted by Crippen LogP contribution is 2.27. The fraction of sp³-hybridized carbons (Fsp3) is 0.176. The van der Waals surface area contributed by atoms with Crippen LogP contribution in [-0.2, 0) is 4.79 Å². The molecule has 5 nitrogen and oxygen atoms in total. The Morgan fingerprint density at radius 2 is 2.17 bits per heavy atom. The first kappa shape index (κ1) is 18.7. The van der Waals surface area contributed by atoms with Crippen LogP contribution in [-0.4, -0.2) is 23.8 Å². The number of aryl methyl sites for hydroxylation is 1. The van der Waals surface area contributed by atoms with Crippen molar-refractivity contribution >= 4 is 50.6 Å². The van der Waals surface area contributed by atoms with Crippen LogP contribution in [0.5, 0.6) is 11.5 Å². The molecule has 0 fully saturated rings. The van der Waals surface area contributed by atoms with E-state index in [1.54, 1.807) is 12.1 Å². The van der Waals surface area contributed by atoms with Gasteiger partial charge in [0.15, 0.2) is 6.61 Å². The van der Waals surface area contributed by atoms with Gasteiger partial charge < -0.3 is 9.84 Å². The monoisotopic (exact) mass is 502 g/mol. The first-order valence-corrected chi connectivity index (χ1v) is 8.94. The maximum absolute atomic E-state index is 11.8. The molecule has 2 N–H and O–H groups in total. The molecule has 0 saturated heterocycles. The van der Waals surface area contributed by atoms with Gasteiger partial charge in [-0.05, 0) is 65.8 Å². The first-order chi connectivity index (χ1) is 11.4. The molecule has 1 amide bonds. The molecule has 7 heteroatoms. The Labute approximate surface area is 162 Å². The average Bonchev–Trinajstić information content (AvgIpc) is 2.53. The number of nitrogens with zero attached hydrogens (tertiary/aromatic N) is 1. The number of rotatable bonds is 5. The predicted molar refractivity (Wildman–Crippen MR) is 106 cm³/mol. The van der Waals surface area contributed by atoms with Crippen LogP contribution in [0.3, 0.4) is 0 Å². The Bertz CT molecular complexity index is 794. The number of aromatic hydroxyl groups is 1. The summed E-state index contributed by atoms with van der Waals surface area (Å²) < 4.78 is 7.00. The predicted octanol–water partition coefficient (Wildman–Crippen LogP) is 3.91. The van der Waals surface area contributed by atoms with E-state index in [1.165, 1.54) is 6.21 Å². The number of hydrazone groups is 1. The molecular weight excluding hydrogens is 487 g/mol. The third-order valence-corrected chi connectivity index (χ3v) is 4.64. The van der Waals surface area contributed by atoms with Crippen molar-refractivity contribution in [1.82, 2.24) is 5.43 Å². The normalized spacial score (nSPS) is 10.8. The minimum absolute atomic E-state index is 0.114. The quantitative estimate of drug-likeness (QED) is 0.370. The number of nitrogens with one attached hydrogen (secondary N) is 1. The first-order valence-electron chi connectivity index (χ1n) is 7.07. The third-order valence-electron chi connectivity index (χ3n) is 3.36. The topological polar surface area (TPSA) is 70.9 Å². The zero-order valence-electron chi connectivity index (χ0n) is 13.1. The van der Waals surface area contributed by atoms with Crippen LogP contribution in [0.1, 0.15) is 16.7 Å². The van der Waals surface area contributed by atoms with E-state index in [1.807, 2.05) is 54.6 Å². The van der Waals surface area contributed by atoms with Gasteiger partial charge in [-0.1, -0.05) is 28.1 Å². The molecule has 0 aromatic heterocycles. The second kappa shape index (κ2) is 8.48. The molecule has 0 bridgehead atoms. The average molecular weight is 503 g/mol. The fourth-order valence-electron chi connectivity index (χ4n) is 1.91. The van der Waals surface area contributed by atoms with E-state index in [0.29, 0.717) is 14.9 Å². The Balaban J connectivity index is 1.93. The molecular formula is C17H16BrIN2O3. The lowest BCUT2D eigenvalue weighted by molar-refractivity contribution is -0.123. The van der Waals surface area contributed by atoms with Crippen molar-refractivity contribution in [2.24, 2.45) is 5.10 Å². The standard InChI is InChI=1S/C17H16BrIN2O3/c1-10-4-3-5-15(11(10)2)24-9-16(22)21-20-8-12-6-13(18)7-14(19)17(12)23/h3-8,23H,9H2,1-2H3,(H,21,22). The van der Waals surface area contributed by atoms with Gasteiger partial charge in [0.05, 0.1) is 9.78 Å². The van der Waals surface area contributed by atoms with Gasteiger partial charge in [-0.25, -0.2) is 5.43 Å². The molecule has 0 unspecified atom stereocenters. The van der Waals surface area contributed by atoms with Crippen molar-refractivity contribution in [3.63, 3.8) is 0 Å². The zero-order valence-corrected chi connectivity index (χ0v) is 16.9. The summed E-state index contributed by atoms with van der Waals surface area (Å²) in [6.07, 6.45) is 1.39. The van der Waals surface area contributed by atoms with Gasteiger partial charge in [0.2, 0.25) is 0 Å². The van der Waals surface area contributed by atoms with E-state index in [-0.39, 0.29) is 18.3 Å². The fourth-order valence-corrected chi connectivity index (χ4v) is 3.46. The zero-order chi connectivity index (χ0) is 17.7. The van der Waals surface area contributed by atoms with Crippen LogP contribution in [0.15, 0.2) is 39.9 Å². The molecule has 126 valence electrons. The summed E-state index contributed by atoms with van der Waals surface area (Å²) in [5.74, 6) is 0.410. The molecule has 2 rings (SSSR count). The molecule has 24 heavy (non-hydrogen) atoms. The summed E-state index contributed by atoms with van der Waals surface area (Å²) in [6.45, 7) is 3.79. The number of phenolic OH excluding ortho intramolecular Hbond substituents is 1. The smallest absolute Gasteiger partial charge is 0.277 e. The number of amides is 1.